The van der Waals surface area contributed by atoms with Crippen LogP contribution in [0.25, 0.3) is 0 Å². The summed E-state index contributed by atoms with van der Waals surface area (Å²) < 4.78 is 0. The first kappa shape index (κ1) is 18.3. The topological polar surface area (TPSA) is 68.2 Å². The minimum atomic E-state index is 0.00502. The van der Waals surface area contributed by atoms with E-state index in [4.69, 9.17) is 21.8 Å². The summed E-state index contributed by atoms with van der Waals surface area (Å²) in [6.07, 6.45) is 0.814. The maximum atomic E-state index is 8.63. The van der Waals surface area contributed by atoms with Gasteiger partial charge in [0.05, 0.1) is 12.5 Å². The first-order valence-electron chi connectivity index (χ1n) is 6.71. The molecule has 1 aliphatic heterocycles. The van der Waals surface area contributed by atoms with Crippen molar-refractivity contribution in [2.24, 2.45) is 0 Å². The number of para-hydroxylation sites is 2. The van der Waals surface area contributed by atoms with Gasteiger partial charge in [-0.05, 0) is 24.3 Å². The van der Waals surface area contributed by atoms with Gasteiger partial charge in [0.2, 0.25) is 0 Å². The summed E-state index contributed by atoms with van der Waals surface area (Å²) in [6.45, 7) is 0.567. The molecule has 0 bridgehead atoms. The molecule has 3 rings (SSSR count). The van der Waals surface area contributed by atoms with Crippen LogP contribution in [0.15, 0.2) is 60.7 Å². The second kappa shape index (κ2) is 11.8. The highest BCUT2D eigenvalue weighted by molar-refractivity contribution is 6.18. The summed E-state index contributed by atoms with van der Waals surface area (Å²) in [7, 11) is 0. The number of benzene rings is 2. The van der Waals surface area contributed by atoms with Crippen LogP contribution in [0.4, 0.5) is 0 Å². The Hall–Kier alpha value is -1.79. The molecule has 2 aromatic rings. The van der Waals surface area contributed by atoms with Gasteiger partial charge in [0.1, 0.15) is 17.6 Å². The van der Waals surface area contributed by atoms with Gasteiger partial charge >= 0.3 is 0 Å². The molecule has 1 unspecified atom stereocenters. The van der Waals surface area contributed by atoms with Crippen molar-refractivity contribution < 1.29 is 25.0 Å². The minimum absolute atomic E-state index is 0.00502. The minimum Gasteiger partial charge on any atom is -0.508 e. The predicted molar refractivity (Wildman–Crippen MR) is 83.5 cm³/mol. The van der Waals surface area contributed by atoms with Crippen LogP contribution in [-0.4, -0.2) is 28.8 Å². The fourth-order valence-electron chi connectivity index (χ4n) is 1.30. The lowest BCUT2D eigenvalue weighted by Gasteiger charge is -2.16. The summed E-state index contributed by atoms with van der Waals surface area (Å²) in [6, 6.07) is 17.4. The molecule has 0 aromatic heterocycles. The third-order valence-corrected chi connectivity index (χ3v) is 2.78. The molecule has 22 heavy (non-hydrogen) atoms. The SMILES string of the molecule is ClCC1CCOOO1.Oc1ccccc1.Oc1ccccc1. The highest BCUT2D eigenvalue weighted by atomic mass is 35.5. The van der Waals surface area contributed by atoms with E-state index >= 15 is 0 Å². The Morgan fingerprint density at radius 3 is 1.64 bits per heavy atom. The van der Waals surface area contributed by atoms with Gasteiger partial charge in [0.15, 0.2) is 0 Å². The Bertz CT molecular complexity index is 437. The Morgan fingerprint density at radius 1 is 0.909 bits per heavy atom. The van der Waals surface area contributed by atoms with E-state index in [1.165, 1.54) is 0 Å². The van der Waals surface area contributed by atoms with E-state index in [2.05, 4.69) is 14.8 Å². The van der Waals surface area contributed by atoms with Crippen molar-refractivity contribution in [2.75, 3.05) is 12.5 Å². The Kier molecular flexibility index (Phi) is 9.81. The van der Waals surface area contributed by atoms with Crippen LogP contribution < -0.4 is 0 Å². The van der Waals surface area contributed by atoms with Crippen LogP contribution >= 0.6 is 11.6 Å². The van der Waals surface area contributed by atoms with Crippen molar-refractivity contribution in [2.45, 2.75) is 12.5 Å². The van der Waals surface area contributed by atoms with E-state index in [0.29, 0.717) is 24.0 Å². The van der Waals surface area contributed by atoms with Gasteiger partial charge in [-0.15, -0.1) is 11.6 Å². The molecule has 0 spiro atoms. The molecule has 2 N–H and O–H groups in total. The van der Waals surface area contributed by atoms with E-state index < -0.39 is 0 Å². The molecule has 1 heterocycles. The Balaban J connectivity index is 0.000000166. The lowest BCUT2D eigenvalue weighted by Crippen LogP contribution is -2.23. The average molecular weight is 327 g/mol. The smallest absolute Gasteiger partial charge is 0.115 e. The van der Waals surface area contributed by atoms with Gasteiger partial charge in [0.25, 0.3) is 0 Å². The van der Waals surface area contributed by atoms with Crippen molar-refractivity contribution in [3.8, 4) is 11.5 Å². The second-order valence-corrected chi connectivity index (χ2v) is 4.53. The van der Waals surface area contributed by atoms with Gasteiger partial charge in [0, 0.05) is 6.42 Å². The zero-order chi connectivity index (χ0) is 16.0. The molecule has 0 saturated carbocycles. The normalized spacial score (nSPS) is 16.5. The molecule has 1 atom stereocenters. The fourth-order valence-corrected chi connectivity index (χ4v) is 1.51. The third kappa shape index (κ3) is 9.20. The molecule has 120 valence electrons. The standard InChI is InChI=1S/2C6H6O.C4H7ClO3/c2*7-6-4-2-1-3-5-6;5-3-4-1-2-6-8-7-4/h2*1-5,7H;4H,1-3H2. The van der Waals surface area contributed by atoms with Crippen molar-refractivity contribution in [1.29, 1.82) is 0 Å². The van der Waals surface area contributed by atoms with Crippen molar-refractivity contribution >= 4 is 11.6 Å². The molecule has 6 heteroatoms. The third-order valence-electron chi connectivity index (χ3n) is 2.43. The summed E-state index contributed by atoms with van der Waals surface area (Å²) in [4.78, 5) is 8.99. The molecular formula is C16H19ClO5. The van der Waals surface area contributed by atoms with Crippen molar-refractivity contribution in [3.63, 3.8) is 0 Å². The van der Waals surface area contributed by atoms with Crippen LogP contribution in [0.5, 0.6) is 11.5 Å². The quantitative estimate of drug-likeness (QED) is 0.618. The van der Waals surface area contributed by atoms with Gasteiger partial charge in [-0.3, -0.25) is 0 Å². The maximum absolute atomic E-state index is 8.63. The number of halogens is 1. The largest absolute Gasteiger partial charge is 0.508 e. The van der Waals surface area contributed by atoms with Gasteiger partial charge in [-0.1, -0.05) is 41.4 Å². The average Bonchev–Trinajstić information content (AvgIpc) is 2.58. The van der Waals surface area contributed by atoms with Crippen LogP contribution in [-0.2, 0) is 14.8 Å². The number of rotatable bonds is 1. The number of phenolic OH excluding ortho intramolecular Hbond substituents is 2. The Labute approximate surface area is 134 Å². The molecule has 0 amide bonds. The lowest BCUT2D eigenvalue weighted by molar-refractivity contribution is -0.546. The Morgan fingerprint density at radius 2 is 1.41 bits per heavy atom. The highest BCUT2D eigenvalue weighted by Gasteiger charge is 2.13. The number of alkyl halides is 1. The molecule has 0 aliphatic carbocycles. The van der Waals surface area contributed by atoms with Gasteiger partial charge < -0.3 is 10.2 Å². The number of hydrogen-bond acceptors (Lipinski definition) is 5. The van der Waals surface area contributed by atoms with E-state index in [1.807, 2.05) is 12.1 Å². The van der Waals surface area contributed by atoms with Crippen LogP contribution in [0.2, 0.25) is 0 Å². The van der Waals surface area contributed by atoms with Crippen LogP contribution in [0, 0.1) is 0 Å². The fraction of sp³-hybridized carbons (Fsp3) is 0.250. The molecule has 1 fully saturated rings. The number of phenols is 2. The molecular weight excluding hydrogens is 308 g/mol. The highest BCUT2D eigenvalue weighted by Crippen LogP contribution is 2.07. The molecule has 1 saturated heterocycles. The molecule has 5 nitrogen and oxygen atoms in total. The van der Waals surface area contributed by atoms with Crippen molar-refractivity contribution in [3.05, 3.63) is 60.7 Å². The van der Waals surface area contributed by atoms with Crippen molar-refractivity contribution in [1.82, 2.24) is 0 Å². The first-order valence-corrected chi connectivity index (χ1v) is 7.24. The predicted octanol–water partition coefficient (Wildman–Crippen LogP) is 3.66. The molecule has 0 radical (unpaired) electrons. The zero-order valence-corrected chi connectivity index (χ0v) is 12.7. The van der Waals surface area contributed by atoms with E-state index in [-0.39, 0.29) is 6.10 Å². The molecule has 1 aliphatic rings. The van der Waals surface area contributed by atoms with E-state index in [9.17, 15) is 0 Å². The summed E-state index contributed by atoms with van der Waals surface area (Å²) in [5.74, 6) is 1.11. The zero-order valence-electron chi connectivity index (χ0n) is 12.0. The van der Waals surface area contributed by atoms with Crippen LogP contribution in [0.3, 0.4) is 0 Å². The number of hydrogen-bond donors (Lipinski definition) is 2. The van der Waals surface area contributed by atoms with Gasteiger partial charge in [-0.25, -0.2) is 9.78 Å². The monoisotopic (exact) mass is 326 g/mol. The summed E-state index contributed by atoms with van der Waals surface area (Å²) in [5, 5.41) is 21.5. The maximum Gasteiger partial charge on any atom is 0.115 e. The van der Waals surface area contributed by atoms with Crippen LogP contribution in [0.1, 0.15) is 6.42 Å². The van der Waals surface area contributed by atoms with E-state index in [0.717, 1.165) is 6.42 Å². The number of aromatic hydroxyl groups is 2. The summed E-state index contributed by atoms with van der Waals surface area (Å²) in [5.41, 5.74) is 0. The lowest BCUT2D eigenvalue weighted by atomic mass is 10.3. The van der Waals surface area contributed by atoms with E-state index in [1.54, 1.807) is 48.5 Å². The first-order chi connectivity index (χ1) is 10.7. The summed E-state index contributed by atoms with van der Waals surface area (Å²) >= 11 is 5.42. The molecule has 2 aromatic carbocycles. The second-order valence-electron chi connectivity index (χ2n) is 4.22. The van der Waals surface area contributed by atoms with Gasteiger partial charge in [-0.2, -0.15) is 0 Å².